The summed E-state index contributed by atoms with van der Waals surface area (Å²) >= 11 is 0. The van der Waals surface area contributed by atoms with Gasteiger partial charge in [-0.3, -0.25) is 0 Å². The molecule has 1 aliphatic heterocycles. The molecule has 2 atom stereocenters. The second-order valence-corrected chi connectivity index (χ2v) is 14.6. The number of ether oxygens (including phenoxy) is 4. The van der Waals surface area contributed by atoms with Crippen molar-refractivity contribution in [1.82, 2.24) is 0 Å². The van der Waals surface area contributed by atoms with Gasteiger partial charge in [-0.2, -0.15) is 0 Å². The molecular formula is C22H39NO4Si. The van der Waals surface area contributed by atoms with Crippen LogP contribution in [0.15, 0.2) is 42.0 Å². The molecule has 1 heterocycles. The molecule has 1 rings (SSSR count). The molecule has 0 aromatic carbocycles. The van der Waals surface area contributed by atoms with Crippen molar-refractivity contribution >= 4 is 14.0 Å². The Labute approximate surface area is 172 Å². The third-order valence-corrected chi connectivity index (χ3v) is 5.81. The molecule has 0 fully saturated rings. The van der Waals surface area contributed by atoms with Crippen molar-refractivity contribution in [2.24, 2.45) is 4.99 Å². The lowest BCUT2D eigenvalue weighted by Crippen LogP contribution is -2.22. The topological polar surface area (TPSA) is 49.3 Å². The minimum atomic E-state index is -1.04. The van der Waals surface area contributed by atoms with Gasteiger partial charge in [0.2, 0.25) is 5.90 Å². The predicted octanol–water partition coefficient (Wildman–Crippen LogP) is 4.98. The van der Waals surface area contributed by atoms with Gasteiger partial charge in [0.25, 0.3) is 0 Å². The zero-order valence-corrected chi connectivity index (χ0v) is 19.6. The van der Waals surface area contributed by atoms with Gasteiger partial charge in [-0.1, -0.05) is 43.9 Å². The highest BCUT2D eigenvalue weighted by Gasteiger charge is 2.24. The molecule has 0 saturated heterocycles. The molecule has 28 heavy (non-hydrogen) atoms. The van der Waals surface area contributed by atoms with Crippen LogP contribution in [0.5, 0.6) is 0 Å². The highest BCUT2D eigenvalue weighted by Crippen LogP contribution is 2.17. The lowest BCUT2D eigenvalue weighted by Gasteiger charge is -2.16. The Morgan fingerprint density at radius 3 is 2.61 bits per heavy atom. The second-order valence-electron chi connectivity index (χ2n) is 8.93. The van der Waals surface area contributed by atoms with Gasteiger partial charge in [-0.05, 0) is 39.3 Å². The molecule has 6 heteroatoms. The van der Waals surface area contributed by atoms with Crippen LogP contribution in [0.4, 0.5) is 0 Å². The van der Waals surface area contributed by atoms with E-state index in [4.69, 9.17) is 18.9 Å². The zero-order valence-electron chi connectivity index (χ0n) is 18.6. The van der Waals surface area contributed by atoms with Gasteiger partial charge >= 0.3 is 0 Å². The van der Waals surface area contributed by atoms with Gasteiger partial charge in [0.1, 0.15) is 13.4 Å². The number of hydrogen-bond acceptors (Lipinski definition) is 5. The van der Waals surface area contributed by atoms with Crippen molar-refractivity contribution in [3.05, 3.63) is 37.0 Å². The highest BCUT2D eigenvalue weighted by molar-refractivity contribution is 6.76. The maximum atomic E-state index is 5.80. The van der Waals surface area contributed by atoms with E-state index >= 15 is 0 Å². The van der Waals surface area contributed by atoms with Crippen molar-refractivity contribution in [1.29, 1.82) is 0 Å². The van der Waals surface area contributed by atoms with E-state index in [-0.39, 0.29) is 17.7 Å². The Hall–Kier alpha value is -1.21. The molecule has 160 valence electrons. The van der Waals surface area contributed by atoms with Crippen LogP contribution in [0.1, 0.15) is 27.2 Å². The van der Waals surface area contributed by atoms with Crippen molar-refractivity contribution < 1.29 is 18.9 Å². The second kappa shape index (κ2) is 12.4. The Bertz CT molecular complexity index is 549. The minimum absolute atomic E-state index is 0.0122. The van der Waals surface area contributed by atoms with E-state index in [2.05, 4.69) is 51.1 Å². The number of hydrogen-bond donors (Lipinski definition) is 0. The molecule has 0 N–H and O–H groups in total. The maximum Gasteiger partial charge on any atom is 0.209 e. The summed E-state index contributed by atoms with van der Waals surface area (Å²) in [4.78, 5) is 4.47. The van der Waals surface area contributed by atoms with E-state index in [0.717, 1.165) is 19.1 Å². The summed E-state index contributed by atoms with van der Waals surface area (Å²) in [5.74, 6) is 0.668. The van der Waals surface area contributed by atoms with E-state index in [1.54, 1.807) is 0 Å². The summed E-state index contributed by atoms with van der Waals surface area (Å²) < 4.78 is 22.5. The molecule has 0 amide bonds. The summed E-state index contributed by atoms with van der Waals surface area (Å²) in [6.45, 7) is 19.2. The van der Waals surface area contributed by atoms with Gasteiger partial charge in [-0.15, -0.1) is 6.58 Å². The fourth-order valence-corrected chi connectivity index (χ4v) is 3.07. The molecule has 0 aromatic heterocycles. The van der Waals surface area contributed by atoms with Crippen LogP contribution < -0.4 is 0 Å². The summed E-state index contributed by atoms with van der Waals surface area (Å²) in [6.07, 6.45) is 10.4. The summed E-state index contributed by atoms with van der Waals surface area (Å²) in [6, 6.07) is 1.16. The van der Waals surface area contributed by atoms with Gasteiger partial charge in [0, 0.05) is 14.7 Å². The first-order valence-electron chi connectivity index (χ1n) is 10.1. The van der Waals surface area contributed by atoms with Gasteiger partial charge in [-0.25, -0.2) is 4.99 Å². The summed E-state index contributed by atoms with van der Waals surface area (Å²) in [7, 11) is -1.04. The molecule has 0 aliphatic carbocycles. The van der Waals surface area contributed by atoms with E-state index in [1.807, 2.05) is 31.2 Å². The van der Waals surface area contributed by atoms with Crippen molar-refractivity contribution in [2.45, 2.75) is 70.6 Å². The number of rotatable bonds is 14. The monoisotopic (exact) mass is 409 g/mol. The number of nitrogens with zero attached hydrogens (tertiary/aromatic N) is 1. The average molecular weight is 410 g/mol. The normalized spacial score (nSPS) is 19.0. The molecule has 0 bridgehead atoms. The molecule has 0 aromatic rings. The molecule has 0 unspecified atom stereocenters. The van der Waals surface area contributed by atoms with E-state index < -0.39 is 8.07 Å². The molecule has 1 aliphatic rings. The van der Waals surface area contributed by atoms with Crippen LogP contribution in [-0.4, -0.2) is 58.3 Å². The van der Waals surface area contributed by atoms with Crippen LogP contribution in [0.25, 0.3) is 0 Å². The van der Waals surface area contributed by atoms with Crippen LogP contribution in [-0.2, 0) is 18.9 Å². The largest absolute Gasteiger partial charge is 0.475 e. The van der Waals surface area contributed by atoms with Crippen molar-refractivity contribution in [2.75, 3.05) is 26.6 Å². The zero-order chi connectivity index (χ0) is 21.0. The standard InChI is InChI=1S/C22H39NO4Si/c1-8-20(25-14-10-13-21-23-22(3,4)17-26-21)12-9-11-19(2)27-18-24-15-16-28(5,6)7/h8-11,13,19-20H,1,12,14-18H2,2-7H3/b11-9-,13-10+/t19-,20-/m1/s1. The lowest BCUT2D eigenvalue weighted by atomic mass is 10.1. The highest BCUT2D eigenvalue weighted by atomic mass is 28.3. The van der Waals surface area contributed by atoms with Crippen LogP contribution in [0, 0.1) is 0 Å². The Kier molecular flexibility index (Phi) is 11.0. The summed E-state index contributed by atoms with van der Waals surface area (Å²) in [5.41, 5.74) is -0.132. The first-order valence-corrected chi connectivity index (χ1v) is 13.8. The maximum absolute atomic E-state index is 5.80. The van der Waals surface area contributed by atoms with Gasteiger partial charge < -0.3 is 18.9 Å². The van der Waals surface area contributed by atoms with E-state index in [1.165, 1.54) is 0 Å². The predicted molar refractivity (Wildman–Crippen MR) is 120 cm³/mol. The van der Waals surface area contributed by atoms with Crippen LogP contribution >= 0.6 is 0 Å². The Balaban J connectivity index is 2.18. The minimum Gasteiger partial charge on any atom is -0.475 e. The SMILES string of the molecule is C=C[C@H](C/C=C\[C@@H](C)OCOCC[Si](C)(C)C)OC/C=C/C1=NC(C)(C)CO1. The third kappa shape index (κ3) is 12.3. The Morgan fingerprint density at radius 2 is 2.00 bits per heavy atom. The third-order valence-electron chi connectivity index (χ3n) is 4.10. The van der Waals surface area contributed by atoms with Crippen molar-refractivity contribution in [3.8, 4) is 0 Å². The van der Waals surface area contributed by atoms with E-state index in [9.17, 15) is 0 Å². The fraction of sp³-hybridized carbons (Fsp3) is 0.682. The molecular weight excluding hydrogens is 370 g/mol. The molecule has 0 saturated carbocycles. The first kappa shape index (κ1) is 24.8. The first-order chi connectivity index (χ1) is 13.1. The quantitative estimate of drug-likeness (QED) is 0.176. The van der Waals surface area contributed by atoms with Gasteiger partial charge in [0.05, 0.1) is 24.4 Å². The molecule has 0 radical (unpaired) electrons. The fourth-order valence-electron chi connectivity index (χ4n) is 2.31. The van der Waals surface area contributed by atoms with Crippen LogP contribution in [0.2, 0.25) is 25.7 Å². The average Bonchev–Trinajstić information content (AvgIpc) is 2.94. The molecule has 5 nitrogen and oxygen atoms in total. The van der Waals surface area contributed by atoms with Crippen LogP contribution in [0.3, 0.4) is 0 Å². The molecule has 0 spiro atoms. The van der Waals surface area contributed by atoms with E-state index in [0.29, 0.717) is 25.9 Å². The summed E-state index contributed by atoms with van der Waals surface area (Å²) in [5, 5.41) is 0. The Morgan fingerprint density at radius 1 is 1.25 bits per heavy atom. The number of aliphatic imine (C=N–C) groups is 1. The van der Waals surface area contributed by atoms with Crippen molar-refractivity contribution in [3.63, 3.8) is 0 Å². The van der Waals surface area contributed by atoms with Gasteiger partial charge in [0.15, 0.2) is 0 Å². The smallest absolute Gasteiger partial charge is 0.209 e. The lowest BCUT2D eigenvalue weighted by molar-refractivity contribution is -0.0666.